The minimum atomic E-state index is -1.00. The molecule has 0 aromatic heterocycles. The van der Waals surface area contributed by atoms with E-state index < -0.39 is 17.5 Å². The molecule has 0 unspecified atom stereocenters. The molecule has 2 aliphatic rings. The topological polar surface area (TPSA) is 0 Å². The molecule has 0 saturated heterocycles. The van der Waals surface area contributed by atoms with Gasteiger partial charge in [-0.15, -0.1) is 0 Å². The van der Waals surface area contributed by atoms with Gasteiger partial charge in [0.05, 0.1) is 5.39 Å². The molecule has 0 bridgehead atoms. The summed E-state index contributed by atoms with van der Waals surface area (Å²) < 4.78 is 44.8. The first-order valence-electron chi connectivity index (χ1n) is 9.98. The van der Waals surface area contributed by atoms with Crippen LogP contribution in [0.1, 0.15) is 81.3 Å². The summed E-state index contributed by atoms with van der Waals surface area (Å²) in [5, 5.41) is 0.323. The Morgan fingerprint density at radius 1 is 0.778 bits per heavy atom. The third-order valence-electron chi connectivity index (χ3n) is 6.51. The van der Waals surface area contributed by atoms with Gasteiger partial charge in [0.25, 0.3) is 0 Å². The number of hydrogen-bond acceptors (Lipinski definition) is 0. The Balaban J connectivity index is 0.00000210. The Kier molecular flexibility index (Phi) is 7.66. The molecule has 0 radical (unpaired) electrons. The summed E-state index contributed by atoms with van der Waals surface area (Å²) in [5.41, 5.74) is 0.976. The quantitative estimate of drug-likeness (QED) is 0.602. The summed E-state index contributed by atoms with van der Waals surface area (Å²) in [6.07, 6.45) is 9.72. The van der Waals surface area contributed by atoms with Gasteiger partial charge in [0.15, 0.2) is 11.6 Å². The van der Waals surface area contributed by atoms with Crippen LogP contribution in [0.15, 0.2) is 18.2 Å². The molecule has 0 nitrogen and oxygen atoms in total. The second-order valence-electron chi connectivity index (χ2n) is 8.26. The predicted octanol–water partition coefficient (Wildman–Crippen LogP) is 4.42. The Morgan fingerprint density at radius 3 is 2.07 bits per heavy atom. The normalized spacial score (nSPS) is 24.0. The first-order valence-corrected chi connectivity index (χ1v) is 9.98. The molecule has 0 heterocycles. The molecule has 0 atom stereocenters. The van der Waals surface area contributed by atoms with Crippen LogP contribution in [0.5, 0.6) is 0 Å². The van der Waals surface area contributed by atoms with E-state index in [4.69, 9.17) is 0 Å². The van der Waals surface area contributed by atoms with Crippen molar-refractivity contribution in [2.24, 2.45) is 5.92 Å². The van der Waals surface area contributed by atoms with Crippen molar-refractivity contribution in [1.82, 2.24) is 0 Å². The fraction of sp³-hybridized carbons (Fsp3) is 0.522. The van der Waals surface area contributed by atoms with Gasteiger partial charge in [-0.2, -0.15) is 12.8 Å². The molecule has 2 fully saturated rings. The summed E-state index contributed by atoms with van der Waals surface area (Å²) in [6, 6.07) is 5.26. The smallest absolute Gasteiger partial charge is 0.328 e. The summed E-state index contributed by atoms with van der Waals surface area (Å²) in [4.78, 5) is 0. The molecule has 0 aliphatic heterocycles. The van der Waals surface area contributed by atoms with Gasteiger partial charge in [0.1, 0.15) is 5.82 Å². The van der Waals surface area contributed by atoms with Crippen LogP contribution in [0, 0.1) is 29.8 Å². The maximum absolute atomic E-state index is 15.1. The molecule has 0 amide bonds. The zero-order valence-corrected chi connectivity index (χ0v) is 21.2. The first-order chi connectivity index (χ1) is 12.6. The van der Waals surface area contributed by atoms with Crippen LogP contribution in [0.4, 0.5) is 13.2 Å². The van der Waals surface area contributed by atoms with Crippen LogP contribution in [-0.4, -0.2) is 0 Å². The van der Waals surface area contributed by atoms with Crippen LogP contribution < -0.4 is 58.2 Å². The number of rotatable bonds is 2. The summed E-state index contributed by atoms with van der Waals surface area (Å²) in [7, 11) is 0. The van der Waals surface area contributed by atoms with Gasteiger partial charge < -0.3 is 6.42 Å². The van der Waals surface area contributed by atoms with Gasteiger partial charge in [-0.05, 0) is 53.2 Å². The minimum Gasteiger partial charge on any atom is -0.328 e. The summed E-state index contributed by atoms with van der Waals surface area (Å²) in [6.45, 7) is 2.20. The Morgan fingerprint density at radius 2 is 1.41 bits per heavy atom. The molecule has 0 N–H and O–H groups in total. The maximum Gasteiger partial charge on any atom is 1.00 e. The molecule has 27 heavy (non-hydrogen) atoms. The largest absolute Gasteiger partial charge is 1.00 e. The average molecular weight is 445 g/mol. The van der Waals surface area contributed by atoms with Gasteiger partial charge in [0, 0.05) is 0 Å². The van der Waals surface area contributed by atoms with E-state index >= 15 is 4.39 Å². The Labute approximate surface area is 209 Å². The summed E-state index contributed by atoms with van der Waals surface area (Å²) >= 11 is 0. The van der Waals surface area contributed by atoms with Crippen molar-refractivity contribution >= 4 is 10.8 Å². The third-order valence-corrected chi connectivity index (χ3v) is 6.51. The molecule has 2 aromatic rings. The van der Waals surface area contributed by atoms with E-state index in [0.29, 0.717) is 22.4 Å². The van der Waals surface area contributed by atoms with E-state index in [9.17, 15) is 8.78 Å². The van der Waals surface area contributed by atoms with Crippen LogP contribution >= 0.6 is 0 Å². The van der Waals surface area contributed by atoms with Crippen molar-refractivity contribution < 1.29 is 71.4 Å². The number of hydrogen-bond donors (Lipinski definition) is 0. The number of fused-ring (bicyclic) bond motifs is 1. The van der Waals surface area contributed by atoms with Crippen molar-refractivity contribution in [3.8, 4) is 0 Å². The molecule has 4 rings (SSSR count). The fourth-order valence-electron chi connectivity index (χ4n) is 4.84. The van der Waals surface area contributed by atoms with Gasteiger partial charge in [0.2, 0.25) is 0 Å². The van der Waals surface area contributed by atoms with Gasteiger partial charge in [-0.1, -0.05) is 44.7 Å². The number of halogens is 3. The zero-order valence-electron chi connectivity index (χ0n) is 16.3. The van der Waals surface area contributed by atoms with E-state index in [-0.39, 0.29) is 75.4 Å². The van der Waals surface area contributed by atoms with Gasteiger partial charge >= 0.3 is 58.2 Å². The Bertz CT molecular complexity index is 803. The fourth-order valence-corrected chi connectivity index (χ4v) is 4.84. The molecular weight excluding hydrogens is 419 g/mol. The molecule has 2 saturated carbocycles. The second kappa shape index (κ2) is 9.41. The van der Waals surface area contributed by atoms with E-state index in [2.05, 4.69) is 13.3 Å². The van der Waals surface area contributed by atoms with E-state index in [1.165, 1.54) is 0 Å². The van der Waals surface area contributed by atoms with Crippen molar-refractivity contribution in [1.29, 1.82) is 0 Å². The predicted molar refractivity (Wildman–Crippen MR) is 99.7 cm³/mol. The third kappa shape index (κ3) is 4.41. The molecule has 0 spiro atoms. The first kappa shape index (κ1) is 22.0. The van der Waals surface area contributed by atoms with Crippen molar-refractivity contribution in [2.75, 3.05) is 0 Å². The summed E-state index contributed by atoms with van der Waals surface area (Å²) in [5.74, 6) is -1.61. The van der Waals surface area contributed by atoms with Crippen LogP contribution in [0.3, 0.4) is 0 Å². The van der Waals surface area contributed by atoms with Gasteiger partial charge in [-0.25, -0.2) is 13.2 Å². The number of benzene rings is 2. The Hall–Kier alpha value is 0.295. The van der Waals surface area contributed by atoms with Gasteiger partial charge in [-0.3, -0.25) is 0 Å². The van der Waals surface area contributed by atoms with Crippen LogP contribution in [-0.2, 0) is 0 Å². The molecule has 2 aromatic carbocycles. The van der Waals surface area contributed by atoms with E-state index in [1.54, 1.807) is 18.2 Å². The van der Waals surface area contributed by atoms with Crippen molar-refractivity contribution in [3.05, 3.63) is 53.2 Å². The van der Waals surface area contributed by atoms with E-state index in [0.717, 1.165) is 51.4 Å². The standard InChI is InChI=1S/C23H26F3.Rb/c1-14-7-9-16(10-8-14)19-13-17-11-12-18(15-5-3-2-4-6-15)21(24)20(17)23(26)22(19)25;/h2,11-16H,3-10H2,1H3;/q-1;+1. The van der Waals surface area contributed by atoms with Crippen LogP contribution in [0.2, 0.25) is 0 Å². The molecule has 140 valence electrons. The molecule has 4 heteroatoms. The van der Waals surface area contributed by atoms with Crippen molar-refractivity contribution in [3.63, 3.8) is 0 Å². The van der Waals surface area contributed by atoms with Crippen LogP contribution in [0.25, 0.3) is 10.8 Å². The second-order valence-corrected chi connectivity index (χ2v) is 8.26. The van der Waals surface area contributed by atoms with E-state index in [1.807, 2.05) is 0 Å². The average Bonchev–Trinajstić information content (AvgIpc) is 2.66. The zero-order chi connectivity index (χ0) is 18.3. The molecule has 2 aliphatic carbocycles. The minimum absolute atomic E-state index is 0. The maximum atomic E-state index is 15.1. The SMILES string of the molecule is CC1CCC(c2cc3ccc(C4CC[CH-]CC4)c(F)c3c(F)c2F)CC1.[Rb+]. The molecular formula is C23H26F3Rb. The van der Waals surface area contributed by atoms with Crippen molar-refractivity contribution in [2.45, 2.75) is 70.1 Å². The monoisotopic (exact) mass is 444 g/mol.